The number of nitro groups is 1. The normalized spacial score (nSPS) is 13.4. The molecule has 0 aliphatic carbocycles. The average Bonchev–Trinajstić information content (AvgIpc) is 2.78. The van der Waals surface area contributed by atoms with Crippen molar-refractivity contribution in [2.75, 3.05) is 37.8 Å². The van der Waals surface area contributed by atoms with Crippen LogP contribution in [0.5, 0.6) is 5.75 Å². The van der Waals surface area contributed by atoms with Gasteiger partial charge in [-0.05, 0) is 42.8 Å². The molecule has 2 N–H and O–H groups in total. The minimum atomic E-state index is -0.688. The molecule has 10 nitrogen and oxygen atoms in total. The number of nitrogens with zero attached hydrogens (tertiary/aromatic N) is 2. The third kappa shape index (κ3) is 5.83. The highest BCUT2D eigenvalue weighted by molar-refractivity contribution is 6.31. The molecule has 0 atom stereocenters. The van der Waals surface area contributed by atoms with Crippen molar-refractivity contribution in [2.45, 2.75) is 6.92 Å². The highest BCUT2D eigenvalue weighted by Gasteiger charge is 2.23. The molecule has 3 rings (SSSR count). The van der Waals surface area contributed by atoms with Crippen LogP contribution in [0, 0.1) is 17.0 Å². The number of rotatable bonds is 6. The minimum Gasteiger partial charge on any atom is -0.484 e. The number of nitrogens with one attached hydrogen (secondary N) is 2. The molecule has 164 valence electrons. The zero-order valence-corrected chi connectivity index (χ0v) is 17.5. The summed E-state index contributed by atoms with van der Waals surface area (Å²) in [6.07, 6.45) is 0. The van der Waals surface area contributed by atoms with Crippen LogP contribution in [0.2, 0.25) is 5.02 Å². The van der Waals surface area contributed by atoms with E-state index in [2.05, 4.69) is 10.9 Å². The largest absolute Gasteiger partial charge is 0.484 e. The van der Waals surface area contributed by atoms with E-state index in [-0.39, 0.29) is 17.9 Å². The maximum Gasteiger partial charge on any atom is 0.293 e. The fourth-order valence-corrected chi connectivity index (χ4v) is 3.09. The number of amides is 2. The van der Waals surface area contributed by atoms with Gasteiger partial charge in [-0.1, -0.05) is 11.6 Å². The van der Waals surface area contributed by atoms with E-state index >= 15 is 0 Å². The highest BCUT2D eigenvalue weighted by atomic mass is 35.5. The molecule has 1 saturated heterocycles. The van der Waals surface area contributed by atoms with E-state index in [4.69, 9.17) is 21.1 Å². The Morgan fingerprint density at radius 3 is 2.61 bits per heavy atom. The molecule has 0 radical (unpaired) electrons. The van der Waals surface area contributed by atoms with Crippen molar-refractivity contribution in [2.24, 2.45) is 0 Å². The van der Waals surface area contributed by atoms with E-state index in [1.807, 2.05) is 4.90 Å². The van der Waals surface area contributed by atoms with Crippen LogP contribution in [0.15, 0.2) is 36.4 Å². The Bertz CT molecular complexity index is 994. The first-order valence-corrected chi connectivity index (χ1v) is 9.82. The fraction of sp³-hybridized carbons (Fsp3) is 0.300. The smallest absolute Gasteiger partial charge is 0.293 e. The number of benzene rings is 2. The summed E-state index contributed by atoms with van der Waals surface area (Å²) in [4.78, 5) is 37.1. The Morgan fingerprint density at radius 1 is 1.19 bits per heavy atom. The highest BCUT2D eigenvalue weighted by Crippen LogP contribution is 2.29. The van der Waals surface area contributed by atoms with E-state index in [0.29, 0.717) is 42.8 Å². The topological polar surface area (TPSA) is 123 Å². The molecular formula is C20H21ClN4O6. The summed E-state index contributed by atoms with van der Waals surface area (Å²) in [5.74, 6) is -0.828. The van der Waals surface area contributed by atoms with E-state index < -0.39 is 16.7 Å². The summed E-state index contributed by atoms with van der Waals surface area (Å²) in [6, 6.07) is 9.12. The second kappa shape index (κ2) is 10.1. The van der Waals surface area contributed by atoms with Crippen LogP contribution in [0.1, 0.15) is 15.9 Å². The third-order valence-corrected chi connectivity index (χ3v) is 5.02. The minimum absolute atomic E-state index is 0.0400. The van der Waals surface area contributed by atoms with Crippen molar-refractivity contribution in [1.82, 2.24) is 10.9 Å². The van der Waals surface area contributed by atoms with Crippen LogP contribution in [0.25, 0.3) is 0 Å². The second-order valence-electron chi connectivity index (χ2n) is 6.76. The lowest BCUT2D eigenvalue weighted by Crippen LogP contribution is -2.43. The van der Waals surface area contributed by atoms with Gasteiger partial charge in [-0.15, -0.1) is 0 Å². The lowest BCUT2D eigenvalue weighted by molar-refractivity contribution is -0.384. The number of nitro benzene ring substituents is 1. The number of carbonyl (C=O) groups is 2. The molecule has 0 spiro atoms. The SMILES string of the molecule is Cc1cc(OCC(=O)NNC(=O)c2ccc(N3CCOCC3)c([N+](=O)[O-])c2)ccc1Cl. The first-order valence-electron chi connectivity index (χ1n) is 9.44. The van der Waals surface area contributed by atoms with Gasteiger partial charge in [0.2, 0.25) is 0 Å². The van der Waals surface area contributed by atoms with Crippen molar-refractivity contribution in [3.05, 3.63) is 62.7 Å². The van der Waals surface area contributed by atoms with Gasteiger partial charge in [0, 0.05) is 29.7 Å². The van der Waals surface area contributed by atoms with Crippen LogP contribution in [0.4, 0.5) is 11.4 Å². The van der Waals surface area contributed by atoms with Crippen LogP contribution < -0.4 is 20.5 Å². The summed E-state index contributed by atoms with van der Waals surface area (Å²) in [5, 5.41) is 12.1. The number of aryl methyl sites for hydroxylation is 1. The molecule has 0 saturated carbocycles. The molecule has 0 aromatic heterocycles. The maximum atomic E-state index is 12.3. The third-order valence-electron chi connectivity index (χ3n) is 4.60. The summed E-state index contributed by atoms with van der Waals surface area (Å²) < 4.78 is 10.6. The Hall–Kier alpha value is -3.37. The molecule has 1 aliphatic heterocycles. The molecule has 2 aromatic rings. The molecule has 2 aromatic carbocycles. The number of anilines is 1. The lowest BCUT2D eigenvalue weighted by Gasteiger charge is -2.28. The molecule has 2 amide bonds. The summed E-state index contributed by atoms with van der Waals surface area (Å²) in [5.41, 5.74) is 5.51. The number of carbonyl (C=O) groups excluding carboxylic acids is 2. The zero-order valence-electron chi connectivity index (χ0n) is 16.7. The van der Waals surface area contributed by atoms with Crippen molar-refractivity contribution in [1.29, 1.82) is 0 Å². The van der Waals surface area contributed by atoms with Gasteiger partial charge < -0.3 is 14.4 Å². The van der Waals surface area contributed by atoms with Gasteiger partial charge in [0.05, 0.1) is 18.1 Å². The van der Waals surface area contributed by atoms with Gasteiger partial charge in [-0.3, -0.25) is 30.6 Å². The summed E-state index contributed by atoms with van der Waals surface area (Å²) in [6.45, 7) is 3.47. The molecule has 0 bridgehead atoms. The van der Waals surface area contributed by atoms with Crippen molar-refractivity contribution in [3.63, 3.8) is 0 Å². The Balaban J connectivity index is 1.58. The Kier molecular flexibility index (Phi) is 7.27. The van der Waals surface area contributed by atoms with Crippen LogP contribution >= 0.6 is 11.6 Å². The summed E-state index contributed by atoms with van der Waals surface area (Å²) in [7, 11) is 0. The molecule has 11 heteroatoms. The van der Waals surface area contributed by atoms with Gasteiger partial charge in [0.15, 0.2) is 6.61 Å². The first kappa shape index (κ1) is 22.3. The predicted octanol–water partition coefficient (Wildman–Crippen LogP) is 2.23. The standard InChI is InChI=1S/C20H21ClN4O6/c1-13-10-15(3-4-16(13)21)31-12-19(26)22-23-20(27)14-2-5-17(18(11-14)25(28)29)24-6-8-30-9-7-24/h2-5,10-11H,6-9,12H2,1H3,(H,22,26)(H,23,27). The van der Waals surface area contributed by atoms with Crippen molar-refractivity contribution in [3.8, 4) is 5.75 Å². The predicted molar refractivity (Wildman–Crippen MR) is 113 cm³/mol. The lowest BCUT2D eigenvalue weighted by atomic mass is 10.1. The van der Waals surface area contributed by atoms with Gasteiger partial charge in [0.25, 0.3) is 17.5 Å². The number of hydrogen-bond donors (Lipinski definition) is 2. The first-order chi connectivity index (χ1) is 14.8. The zero-order chi connectivity index (χ0) is 22.4. The number of hydrazine groups is 1. The molecule has 1 fully saturated rings. The maximum absolute atomic E-state index is 12.3. The molecule has 1 aliphatic rings. The van der Waals surface area contributed by atoms with Crippen LogP contribution in [0.3, 0.4) is 0 Å². The molecular weight excluding hydrogens is 428 g/mol. The fourth-order valence-electron chi connectivity index (χ4n) is 2.97. The summed E-state index contributed by atoms with van der Waals surface area (Å²) >= 11 is 5.94. The van der Waals surface area contributed by atoms with Crippen LogP contribution in [-0.2, 0) is 9.53 Å². The number of morpholine rings is 1. The van der Waals surface area contributed by atoms with Gasteiger partial charge in [-0.2, -0.15) is 0 Å². The quantitative estimate of drug-likeness (QED) is 0.513. The second-order valence-corrected chi connectivity index (χ2v) is 7.17. The number of halogens is 1. The number of hydrogen-bond acceptors (Lipinski definition) is 7. The van der Waals surface area contributed by atoms with Crippen molar-refractivity contribution >= 4 is 34.8 Å². The average molecular weight is 449 g/mol. The van der Waals surface area contributed by atoms with Gasteiger partial charge >= 0.3 is 0 Å². The number of ether oxygens (including phenoxy) is 2. The van der Waals surface area contributed by atoms with E-state index in [9.17, 15) is 19.7 Å². The molecule has 0 unspecified atom stereocenters. The van der Waals surface area contributed by atoms with E-state index in [0.717, 1.165) is 5.56 Å². The monoisotopic (exact) mass is 448 g/mol. The van der Waals surface area contributed by atoms with Crippen molar-refractivity contribution < 1.29 is 24.0 Å². The van der Waals surface area contributed by atoms with Gasteiger partial charge in [-0.25, -0.2) is 0 Å². The van der Waals surface area contributed by atoms with E-state index in [1.165, 1.54) is 18.2 Å². The molecule has 31 heavy (non-hydrogen) atoms. The van der Waals surface area contributed by atoms with E-state index in [1.54, 1.807) is 25.1 Å². The Morgan fingerprint density at radius 2 is 1.94 bits per heavy atom. The van der Waals surface area contributed by atoms with Gasteiger partial charge in [0.1, 0.15) is 11.4 Å². The van der Waals surface area contributed by atoms with Crippen LogP contribution in [-0.4, -0.2) is 49.6 Å². The Labute approximate surface area is 183 Å². The molecule has 1 heterocycles.